The number of hydrogen-bond donors (Lipinski definition) is 0. The van der Waals surface area contributed by atoms with Crippen LogP contribution in [0.25, 0.3) is 11.0 Å². The van der Waals surface area contributed by atoms with Gasteiger partial charge < -0.3 is 14.2 Å². The summed E-state index contributed by atoms with van der Waals surface area (Å²) < 4.78 is 7.70. The number of rotatable bonds is 4. The molecule has 0 N–H and O–H groups in total. The molecular formula is C29H27ClN6O2. The van der Waals surface area contributed by atoms with Crippen molar-refractivity contribution in [3.63, 3.8) is 0 Å². The molecule has 2 aliphatic rings. The SMILES string of the molecule is CC[C@@H]1CN2c3c(c(=O)n(C)c4ccc(C#N)nc34)OC[C@@H]2CN1[C@@H](c1ccc(Cl)cc1)c1ccccn1. The van der Waals surface area contributed by atoms with Crippen LogP contribution in [0.3, 0.4) is 0 Å². The molecule has 1 saturated heterocycles. The van der Waals surface area contributed by atoms with Gasteiger partial charge >= 0.3 is 0 Å². The van der Waals surface area contributed by atoms with Gasteiger partial charge in [-0.3, -0.25) is 14.7 Å². The predicted octanol–water partition coefficient (Wildman–Crippen LogP) is 4.30. The number of aryl methyl sites for hydroxylation is 1. The summed E-state index contributed by atoms with van der Waals surface area (Å²) in [7, 11) is 1.71. The molecule has 3 atom stereocenters. The number of hydrogen-bond acceptors (Lipinski definition) is 7. The molecule has 0 saturated carbocycles. The molecule has 0 radical (unpaired) electrons. The number of nitriles is 1. The number of ether oxygens (including phenoxy) is 1. The van der Waals surface area contributed by atoms with Crippen molar-refractivity contribution in [1.29, 1.82) is 5.26 Å². The van der Waals surface area contributed by atoms with Gasteiger partial charge in [-0.2, -0.15) is 5.26 Å². The van der Waals surface area contributed by atoms with Crippen LogP contribution in [-0.2, 0) is 7.05 Å². The molecule has 9 heteroatoms. The molecule has 0 spiro atoms. The summed E-state index contributed by atoms with van der Waals surface area (Å²) in [5.74, 6) is 0.307. The number of piperazine rings is 1. The Kier molecular flexibility index (Phi) is 6.26. The van der Waals surface area contributed by atoms with Crippen LogP contribution in [0.5, 0.6) is 5.75 Å². The van der Waals surface area contributed by atoms with E-state index in [4.69, 9.17) is 21.3 Å². The first-order valence-corrected chi connectivity index (χ1v) is 13.1. The average molecular weight is 527 g/mol. The maximum atomic E-state index is 13.3. The molecule has 0 unspecified atom stereocenters. The lowest BCUT2D eigenvalue weighted by molar-refractivity contribution is 0.0873. The Morgan fingerprint density at radius 3 is 2.68 bits per heavy atom. The van der Waals surface area contributed by atoms with Crippen LogP contribution >= 0.6 is 11.6 Å². The van der Waals surface area contributed by atoms with E-state index in [1.54, 1.807) is 23.7 Å². The summed E-state index contributed by atoms with van der Waals surface area (Å²) in [6.45, 7) is 3.96. The highest BCUT2D eigenvalue weighted by Crippen LogP contribution is 2.41. The van der Waals surface area contributed by atoms with Crippen LogP contribution in [0.1, 0.15) is 36.3 Å². The zero-order valence-corrected chi connectivity index (χ0v) is 22.0. The van der Waals surface area contributed by atoms with Gasteiger partial charge in [-0.25, -0.2) is 4.98 Å². The Morgan fingerprint density at radius 1 is 1.16 bits per heavy atom. The highest BCUT2D eigenvalue weighted by Gasteiger charge is 2.43. The number of benzene rings is 1. The van der Waals surface area contributed by atoms with Crippen molar-refractivity contribution in [3.8, 4) is 11.8 Å². The molecular weight excluding hydrogens is 500 g/mol. The van der Waals surface area contributed by atoms with E-state index < -0.39 is 0 Å². The fourth-order valence-corrected chi connectivity index (χ4v) is 5.91. The summed E-state index contributed by atoms with van der Waals surface area (Å²) in [4.78, 5) is 27.4. The monoisotopic (exact) mass is 526 g/mol. The molecule has 3 aromatic heterocycles. The Bertz CT molecular complexity index is 1600. The van der Waals surface area contributed by atoms with E-state index in [-0.39, 0.29) is 23.7 Å². The van der Waals surface area contributed by atoms with Crippen molar-refractivity contribution in [3.05, 3.63) is 93.1 Å². The van der Waals surface area contributed by atoms with Crippen molar-refractivity contribution in [1.82, 2.24) is 19.4 Å². The number of anilines is 1. The normalized spacial score (nSPS) is 19.8. The maximum Gasteiger partial charge on any atom is 0.295 e. The van der Waals surface area contributed by atoms with Crippen LogP contribution in [0.15, 0.2) is 65.6 Å². The van der Waals surface area contributed by atoms with Gasteiger partial charge in [-0.15, -0.1) is 0 Å². The number of pyridine rings is 3. The van der Waals surface area contributed by atoms with E-state index in [1.165, 1.54) is 0 Å². The van der Waals surface area contributed by atoms with Crippen molar-refractivity contribution >= 4 is 28.3 Å². The molecule has 5 heterocycles. The van der Waals surface area contributed by atoms with E-state index in [0.717, 1.165) is 17.7 Å². The second-order valence-electron chi connectivity index (χ2n) is 9.80. The van der Waals surface area contributed by atoms with E-state index in [9.17, 15) is 10.1 Å². The van der Waals surface area contributed by atoms with Gasteiger partial charge in [0.25, 0.3) is 5.56 Å². The maximum absolute atomic E-state index is 13.3. The summed E-state index contributed by atoms with van der Waals surface area (Å²) in [5, 5.41) is 10.2. The van der Waals surface area contributed by atoms with Crippen LogP contribution in [-0.4, -0.2) is 51.2 Å². The highest BCUT2D eigenvalue weighted by molar-refractivity contribution is 6.30. The van der Waals surface area contributed by atoms with Gasteiger partial charge in [0.2, 0.25) is 5.75 Å². The van der Waals surface area contributed by atoms with Crippen molar-refractivity contribution in [2.45, 2.75) is 31.5 Å². The van der Waals surface area contributed by atoms with Crippen molar-refractivity contribution < 1.29 is 4.74 Å². The molecule has 2 aliphatic heterocycles. The molecule has 0 amide bonds. The van der Waals surface area contributed by atoms with Crippen molar-refractivity contribution in [2.75, 3.05) is 24.6 Å². The summed E-state index contributed by atoms with van der Waals surface area (Å²) >= 11 is 6.23. The standard InChI is InChI=1S/C29H27ClN6O2/c1-3-21-15-36-22(16-35(21)26(23-6-4-5-13-32-23)18-7-9-19(30)10-8-18)17-38-28-27(36)25-24(34(2)29(28)37)12-11-20(14-31)33-25/h4-13,21-22,26H,3,15-17H2,1-2H3/t21-,22+,26+/m1/s1. The summed E-state index contributed by atoms with van der Waals surface area (Å²) in [6, 6.07) is 19.6. The minimum Gasteiger partial charge on any atom is -0.484 e. The van der Waals surface area contributed by atoms with Gasteiger partial charge in [0.15, 0.2) is 0 Å². The van der Waals surface area contributed by atoms with Gasteiger partial charge in [-0.05, 0) is 48.4 Å². The average Bonchev–Trinajstić information content (AvgIpc) is 2.96. The molecule has 192 valence electrons. The topological polar surface area (TPSA) is 87.3 Å². The first-order chi connectivity index (χ1) is 18.5. The zero-order valence-electron chi connectivity index (χ0n) is 21.2. The van der Waals surface area contributed by atoms with E-state index in [1.807, 2.05) is 30.5 Å². The first kappa shape index (κ1) is 24.4. The van der Waals surface area contributed by atoms with E-state index in [2.05, 4.69) is 46.0 Å². The van der Waals surface area contributed by atoms with Crippen LogP contribution in [0.4, 0.5) is 5.69 Å². The summed E-state index contributed by atoms with van der Waals surface area (Å²) in [5.41, 5.74) is 4.20. The third kappa shape index (κ3) is 3.99. The van der Waals surface area contributed by atoms with Gasteiger partial charge in [0.05, 0.1) is 23.3 Å². The number of halogens is 1. The molecule has 0 aliphatic carbocycles. The van der Waals surface area contributed by atoms with Gasteiger partial charge in [-0.1, -0.05) is 36.7 Å². The quantitative estimate of drug-likeness (QED) is 0.391. The largest absolute Gasteiger partial charge is 0.484 e. The van der Waals surface area contributed by atoms with Crippen LogP contribution in [0.2, 0.25) is 5.02 Å². The Balaban J connectivity index is 1.46. The minimum absolute atomic E-state index is 0.00772. The van der Waals surface area contributed by atoms with Gasteiger partial charge in [0, 0.05) is 37.4 Å². The molecule has 8 nitrogen and oxygen atoms in total. The first-order valence-electron chi connectivity index (χ1n) is 12.8. The van der Waals surface area contributed by atoms with Crippen LogP contribution < -0.4 is 15.2 Å². The number of nitrogens with zero attached hydrogens (tertiary/aromatic N) is 6. The molecule has 38 heavy (non-hydrogen) atoms. The third-order valence-corrected chi connectivity index (χ3v) is 7.94. The lowest BCUT2D eigenvalue weighted by Gasteiger charge is -2.51. The predicted molar refractivity (Wildman–Crippen MR) is 147 cm³/mol. The Labute approximate surface area is 225 Å². The fraction of sp³-hybridized carbons (Fsp3) is 0.310. The lowest BCUT2D eigenvalue weighted by Crippen LogP contribution is -2.62. The second-order valence-corrected chi connectivity index (χ2v) is 10.2. The van der Waals surface area contributed by atoms with E-state index >= 15 is 0 Å². The van der Waals surface area contributed by atoms with Crippen molar-refractivity contribution in [2.24, 2.45) is 7.05 Å². The van der Waals surface area contributed by atoms with E-state index in [0.29, 0.717) is 52.9 Å². The highest BCUT2D eigenvalue weighted by atomic mass is 35.5. The lowest BCUT2D eigenvalue weighted by atomic mass is 9.94. The van der Waals surface area contributed by atoms with Crippen LogP contribution in [0, 0.1) is 11.3 Å². The molecule has 0 bridgehead atoms. The zero-order chi connectivity index (χ0) is 26.4. The molecule has 6 rings (SSSR count). The molecule has 1 fully saturated rings. The smallest absolute Gasteiger partial charge is 0.295 e. The second kappa shape index (κ2) is 9.75. The fourth-order valence-electron chi connectivity index (χ4n) is 5.79. The Morgan fingerprint density at radius 2 is 1.97 bits per heavy atom. The van der Waals surface area contributed by atoms with Gasteiger partial charge in [0.1, 0.15) is 29.6 Å². The number of aromatic nitrogens is 3. The minimum atomic E-state index is -0.194. The molecule has 4 aromatic rings. The Hall–Kier alpha value is -3.93. The molecule has 1 aromatic carbocycles. The summed E-state index contributed by atoms with van der Waals surface area (Å²) in [6.07, 6.45) is 2.73. The third-order valence-electron chi connectivity index (χ3n) is 7.69. The number of fused-ring (bicyclic) bond motifs is 5.